The highest BCUT2D eigenvalue weighted by Crippen LogP contribution is 2.23. The summed E-state index contributed by atoms with van der Waals surface area (Å²) in [5.41, 5.74) is -0.0996. The van der Waals surface area contributed by atoms with Crippen LogP contribution in [0, 0.1) is 15.5 Å². The summed E-state index contributed by atoms with van der Waals surface area (Å²) in [5.74, 6) is -0.288. The van der Waals surface area contributed by atoms with Crippen LogP contribution in [0.4, 0.5) is 5.69 Å². The first-order chi connectivity index (χ1) is 13.7. The SMILES string of the molecule is CC(C)(C)CCNC(=O)Cn1cnc2c(cnn2-c2ccccc2[N+](=O)[O-])c1=O. The molecule has 0 bridgehead atoms. The lowest BCUT2D eigenvalue weighted by Crippen LogP contribution is -2.34. The van der Waals surface area contributed by atoms with E-state index in [2.05, 4.69) is 36.2 Å². The van der Waals surface area contributed by atoms with E-state index in [1.165, 1.54) is 33.9 Å². The van der Waals surface area contributed by atoms with Crippen molar-refractivity contribution in [3.05, 3.63) is 57.3 Å². The van der Waals surface area contributed by atoms with E-state index in [0.29, 0.717) is 6.54 Å². The van der Waals surface area contributed by atoms with E-state index in [-0.39, 0.29) is 40.3 Å². The molecule has 0 fully saturated rings. The fourth-order valence-electron chi connectivity index (χ4n) is 2.82. The second kappa shape index (κ2) is 7.82. The molecular weight excluding hydrogens is 376 g/mol. The minimum atomic E-state index is -0.522. The van der Waals surface area contributed by atoms with Crippen molar-refractivity contribution in [3.8, 4) is 5.69 Å². The quantitative estimate of drug-likeness (QED) is 0.500. The lowest BCUT2D eigenvalue weighted by molar-refractivity contribution is -0.384. The van der Waals surface area contributed by atoms with Gasteiger partial charge in [-0.05, 0) is 17.9 Å². The third kappa shape index (κ3) is 4.48. The molecule has 1 amide bonds. The third-order valence-corrected chi connectivity index (χ3v) is 4.37. The van der Waals surface area contributed by atoms with Gasteiger partial charge in [-0.1, -0.05) is 32.9 Å². The zero-order valence-electron chi connectivity index (χ0n) is 16.5. The predicted octanol–water partition coefficient (Wildman–Crippen LogP) is 2.04. The van der Waals surface area contributed by atoms with Crippen LogP contribution in [0.1, 0.15) is 27.2 Å². The van der Waals surface area contributed by atoms with Crippen LogP contribution < -0.4 is 10.9 Å². The maximum atomic E-state index is 12.7. The normalized spacial score (nSPS) is 11.6. The van der Waals surface area contributed by atoms with Crippen molar-refractivity contribution < 1.29 is 9.72 Å². The van der Waals surface area contributed by atoms with E-state index >= 15 is 0 Å². The third-order valence-electron chi connectivity index (χ3n) is 4.37. The monoisotopic (exact) mass is 398 g/mol. The molecule has 1 N–H and O–H groups in total. The molecule has 10 heteroatoms. The Kier molecular flexibility index (Phi) is 5.44. The van der Waals surface area contributed by atoms with Gasteiger partial charge < -0.3 is 5.32 Å². The molecule has 1 aromatic carbocycles. The van der Waals surface area contributed by atoms with Gasteiger partial charge in [0.1, 0.15) is 23.9 Å². The standard InChI is InChI=1S/C19H22N6O4/c1-19(2,3)8-9-20-16(26)11-23-12-21-17-13(18(23)27)10-22-24(17)14-6-4-5-7-15(14)25(28)29/h4-7,10,12H,8-9,11H2,1-3H3,(H,20,26). The Bertz CT molecular complexity index is 1130. The number of carbonyl (C=O) groups is 1. The Morgan fingerprint density at radius 2 is 2.00 bits per heavy atom. The highest BCUT2D eigenvalue weighted by molar-refractivity contribution is 5.78. The first kappa shape index (κ1) is 20.2. The van der Waals surface area contributed by atoms with Gasteiger partial charge >= 0.3 is 0 Å². The lowest BCUT2D eigenvalue weighted by Gasteiger charge is -2.18. The maximum absolute atomic E-state index is 12.7. The fourth-order valence-corrected chi connectivity index (χ4v) is 2.82. The van der Waals surface area contributed by atoms with Crippen molar-refractivity contribution in [1.82, 2.24) is 24.6 Å². The minimum Gasteiger partial charge on any atom is -0.355 e. The van der Waals surface area contributed by atoms with Crippen molar-refractivity contribution in [3.63, 3.8) is 0 Å². The summed E-state index contributed by atoms with van der Waals surface area (Å²) in [6.45, 7) is 6.59. The Morgan fingerprint density at radius 1 is 1.28 bits per heavy atom. The van der Waals surface area contributed by atoms with Gasteiger partial charge in [-0.3, -0.25) is 24.3 Å². The summed E-state index contributed by atoms with van der Waals surface area (Å²) in [5, 5.41) is 18.3. The molecule has 0 atom stereocenters. The number of nitrogens with one attached hydrogen (secondary N) is 1. The first-order valence-corrected chi connectivity index (χ1v) is 9.11. The summed E-state index contributed by atoms with van der Waals surface area (Å²) in [6, 6.07) is 6.07. The maximum Gasteiger partial charge on any atom is 0.294 e. The van der Waals surface area contributed by atoms with Crippen LogP contribution in [-0.2, 0) is 11.3 Å². The Labute approximate surface area is 166 Å². The van der Waals surface area contributed by atoms with Gasteiger partial charge in [-0.25, -0.2) is 9.67 Å². The number of aromatic nitrogens is 4. The molecule has 2 heterocycles. The number of fused-ring (bicyclic) bond motifs is 1. The van der Waals surface area contributed by atoms with Crippen LogP contribution in [0.3, 0.4) is 0 Å². The summed E-state index contributed by atoms with van der Waals surface area (Å²) in [7, 11) is 0. The number of benzene rings is 1. The molecule has 0 spiro atoms. The summed E-state index contributed by atoms with van der Waals surface area (Å²) >= 11 is 0. The van der Waals surface area contributed by atoms with Crippen molar-refractivity contribution in [1.29, 1.82) is 0 Å². The number of rotatable bonds is 6. The number of nitro benzene ring substituents is 1. The van der Waals surface area contributed by atoms with Crippen LogP contribution in [0.5, 0.6) is 0 Å². The molecule has 3 rings (SSSR count). The molecule has 152 valence electrons. The molecule has 3 aromatic rings. The zero-order valence-corrected chi connectivity index (χ0v) is 16.5. The molecule has 10 nitrogen and oxygen atoms in total. The highest BCUT2D eigenvalue weighted by atomic mass is 16.6. The summed E-state index contributed by atoms with van der Waals surface area (Å²) < 4.78 is 2.45. The molecule has 0 aliphatic carbocycles. The van der Waals surface area contributed by atoms with Crippen LogP contribution in [0.25, 0.3) is 16.7 Å². The number of hydrogen-bond acceptors (Lipinski definition) is 6. The van der Waals surface area contributed by atoms with Crippen molar-refractivity contribution in [2.24, 2.45) is 5.41 Å². The van der Waals surface area contributed by atoms with Gasteiger partial charge in [0.25, 0.3) is 11.2 Å². The lowest BCUT2D eigenvalue weighted by atomic mass is 9.92. The summed E-state index contributed by atoms with van der Waals surface area (Å²) in [6.07, 6.45) is 3.36. The first-order valence-electron chi connectivity index (χ1n) is 9.11. The summed E-state index contributed by atoms with van der Waals surface area (Å²) in [4.78, 5) is 39.8. The smallest absolute Gasteiger partial charge is 0.294 e. The average molecular weight is 398 g/mol. The molecule has 0 radical (unpaired) electrons. The molecule has 0 saturated carbocycles. The number of hydrogen-bond donors (Lipinski definition) is 1. The number of amides is 1. The van der Waals surface area contributed by atoms with Crippen molar-refractivity contribution >= 4 is 22.6 Å². The van der Waals surface area contributed by atoms with Gasteiger partial charge in [0.05, 0.1) is 11.1 Å². The van der Waals surface area contributed by atoms with E-state index in [9.17, 15) is 19.7 Å². The highest BCUT2D eigenvalue weighted by Gasteiger charge is 2.19. The van der Waals surface area contributed by atoms with E-state index in [1.54, 1.807) is 12.1 Å². The van der Waals surface area contributed by atoms with Gasteiger partial charge in [-0.2, -0.15) is 5.10 Å². The average Bonchev–Trinajstić information content (AvgIpc) is 3.07. The largest absolute Gasteiger partial charge is 0.355 e. The van der Waals surface area contributed by atoms with Gasteiger partial charge in [-0.15, -0.1) is 0 Å². The molecule has 0 aliphatic heterocycles. The molecule has 0 unspecified atom stereocenters. The molecule has 29 heavy (non-hydrogen) atoms. The number of nitrogens with zero attached hydrogens (tertiary/aromatic N) is 5. The fraction of sp³-hybridized carbons (Fsp3) is 0.368. The Hall–Kier alpha value is -3.56. The van der Waals surface area contributed by atoms with Crippen molar-refractivity contribution in [2.75, 3.05) is 6.54 Å². The molecule has 0 aliphatic rings. The second-order valence-corrected chi connectivity index (χ2v) is 7.88. The number of nitro groups is 1. The van der Waals surface area contributed by atoms with E-state index in [4.69, 9.17) is 0 Å². The van der Waals surface area contributed by atoms with Crippen LogP contribution in [-0.4, -0.2) is 36.7 Å². The van der Waals surface area contributed by atoms with Crippen molar-refractivity contribution in [2.45, 2.75) is 33.7 Å². The number of para-hydroxylation sites is 2. The van der Waals surface area contributed by atoms with E-state index in [0.717, 1.165) is 6.42 Å². The predicted molar refractivity (Wildman–Crippen MR) is 107 cm³/mol. The van der Waals surface area contributed by atoms with Crippen LogP contribution >= 0.6 is 0 Å². The van der Waals surface area contributed by atoms with Crippen LogP contribution in [0.15, 0.2) is 41.6 Å². The van der Waals surface area contributed by atoms with E-state index < -0.39 is 10.5 Å². The molecular formula is C19H22N6O4. The van der Waals surface area contributed by atoms with E-state index in [1.807, 2.05) is 0 Å². The Morgan fingerprint density at radius 3 is 2.69 bits per heavy atom. The molecule has 2 aromatic heterocycles. The topological polar surface area (TPSA) is 125 Å². The van der Waals surface area contributed by atoms with Crippen LogP contribution in [0.2, 0.25) is 0 Å². The Balaban J connectivity index is 1.87. The molecule has 0 saturated heterocycles. The van der Waals surface area contributed by atoms with Gasteiger partial charge in [0.15, 0.2) is 5.65 Å². The second-order valence-electron chi connectivity index (χ2n) is 7.88. The van der Waals surface area contributed by atoms with Gasteiger partial charge in [0.2, 0.25) is 5.91 Å². The minimum absolute atomic E-state index is 0.0964. The van der Waals surface area contributed by atoms with Gasteiger partial charge in [0, 0.05) is 12.6 Å². The number of carbonyl (C=O) groups excluding carboxylic acids is 1. The zero-order chi connectivity index (χ0) is 21.2.